The van der Waals surface area contributed by atoms with Gasteiger partial charge in [0, 0.05) is 19.5 Å². The van der Waals surface area contributed by atoms with Gasteiger partial charge < -0.3 is 4.90 Å². The standard InChI is InChI=1S/C8H17NO.C2H6/c1-5-7(3)9(6-2)8(4)10;1-2/h7H,5-6H2,1-4H3;1-2H3. The topological polar surface area (TPSA) is 20.3 Å². The smallest absolute Gasteiger partial charge is 0.219 e. The van der Waals surface area contributed by atoms with E-state index in [1.807, 2.05) is 25.7 Å². The molecule has 12 heavy (non-hydrogen) atoms. The Balaban J connectivity index is 0. The molecule has 1 unspecified atom stereocenters. The zero-order valence-corrected chi connectivity index (χ0v) is 9.35. The molecule has 0 radical (unpaired) electrons. The van der Waals surface area contributed by atoms with Crippen LogP contribution in [0.2, 0.25) is 0 Å². The van der Waals surface area contributed by atoms with Crippen molar-refractivity contribution in [1.29, 1.82) is 0 Å². The Hall–Kier alpha value is -0.530. The molecular formula is C10H23NO. The summed E-state index contributed by atoms with van der Waals surface area (Å²) < 4.78 is 0. The lowest BCUT2D eigenvalue weighted by atomic mass is 10.2. The summed E-state index contributed by atoms with van der Waals surface area (Å²) in [6.07, 6.45) is 1.04. The van der Waals surface area contributed by atoms with E-state index in [1.54, 1.807) is 6.92 Å². The number of amides is 1. The highest BCUT2D eigenvalue weighted by atomic mass is 16.2. The zero-order chi connectivity index (χ0) is 10.1. The van der Waals surface area contributed by atoms with Gasteiger partial charge in [-0.2, -0.15) is 0 Å². The zero-order valence-electron chi connectivity index (χ0n) is 9.35. The van der Waals surface area contributed by atoms with Gasteiger partial charge in [0.2, 0.25) is 5.91 Å². The summed E-state index contributed by atoms with van der Waals surface area (Å²) >= 11 is 0. The van der Waals surface area contributed by atoms with Crippen molar-refractivity contribution in [3.05, 3.63) is 0 Å². The molecule has 0 N–H and O–H groups in total. The first-order valence-electron chi connectivity index (χ1n) is 4.90. The summed E-state index contributed by atoms with van der Waals surface area (Å²) in [6.45, 7) is 12.6. The van der Waals surface area contributed by atoms with Crippen molar-refractivity contribution >= 4 is 5.91 Å². The van der Waals surface area contributed by atoms with Crippen LogP contribution in [0.25, 0.3) is 0 Å². The van der Waals surface area contributed by atoms with Crippen LogP contribution in [-0.4, -0.2) is 23.4 Å². The van der Waals surface area contributed by atoms with Crippen LogP contribution < -0.4 is 0 Å². The van der Waals surface area contributed by atoms with Gasteiger partial charge >= 0.3 is 0 Å². The summed E-state index contributed by atoms with van der Waals surface area (Å²) in [7, 11) is 0. The maximum atomic E-state index is 10.9. The van der Waals surface area contributed by atoms with E-state index in [0.717, 1.165) is 13.0 Å². The SMILES string of the molecule is CC.CCC(C)N(CC)C(C)=O. The van der Waals surface area contributed by atoms with Gasteiger partial charge in [0.1, 0.15) is 0 Å². The Bertz CT molecular complexity index is 112. The molecule has 2 nitrogen and oxygen atoms in total. The second-order valence-corrected chi connectivity index (χ2v) is 2.56. The summed E-state index contributed by atoms with van der Waals surface area (Å²) in [5, 5.41) is 0. The molecular weight excluding hydrogens is 150 g/mol. The molecule has 74 valence electrons. The van der Waals surface area contributed by atoms with Crippen molar-refractivity contribution in [2.75, 3.05) is 6.54 Å². The van der Waals surface area contributed by atoms with E-state index in [1.165, 1.54) is 0 Å². The molecule has 0 aliphatic rings. The molecule has 0 aliphatic heterocycles. The quantitative estimate of drug-likeness (QED) is 0.642. The molecule has 0 bridgehead atoms. The van der Waals surface area contributed by atoms with E-state index in [0.29, 0.717) is 6.04 Å². The van der Waals surface area contributed by atoms with Gasteiger partial charge in [-0.1, -0.05) is 20.8 Å². The fourth-order valence-electron chi connectivity index (χ4n) is 1.07. The van der Waals surface area contributed by atoms with Crippen LogP contribution in [-0.2, 0) is 4.79 Å². The van der Waals surface area contributed by atoms with E-state index in [9.17, 15) is 4.79 Å². The van der Waals surface area contributed by atoms with E-state index in [-0.39, 0.29) is 5.91 Å². The van der Waals surface area contributed by atoms with E-state index < -0.39 is 0 Å². The molecule has 2 heteroatoms. The lowest BCUT2D eigenvalue weighted by Crippen LogP contribution is -2.36. The van der Waals surface area contributed by atoms with Gasteiger partial charge in [0.25, 0.3) is 0 Å². The Morgan fingerprint density at radius 2 is 1.75 bits per heavy atom. The van der Waals surface area contributed by atoms with Crippen LogP contribution in [0.15, 0.2) is 0 Å². The first kappa shape index (κ1) is 14.0. The lowest BCUT2D eigenvalue weighted by Gasteiger charge is -2.25. The predicted octanol–water partition coefficient (Wildman–Crippen LogP) is 2.68. The van der Waals surface area contributed by atoms with Crippen molar-refractivity contribution < 1.29 is 4.79 Å². The summed E-state index contributed by atoms with van der Waals surface area (Å²) in [4.78, 5) is 12.8. The Morgan fingerprint density at radius 1 is 1.33 bits per heavy atom. The second kappa shape index (κ2) is 8.57. The molecule has 1 atom stereocenters. The lowest BCUT2D eigenvalue weighted by molar-refractivity contribution is -0.130. The number of hydrogen-bond acceptors (Lipinski definition) is 1. The van der Waals surface area contributed by atoms with E-state index in [4.69, 9.17) is 0 Å². The Kier molecular flexibility index (Phi) is 10.0. The fraction of sp³-hybridized carbons (Fsp3) is 0.900. The third-order valence-electron chi connectivity index (χ3n) is 1.87. The van der Waals surface area contributed by atoms with Crippen LogP contribution in [0.4, 0.5) is 0 Å². The van der Waals surface area contributed by atoms with E-state index >= 15 is 0 Å². The Morgan fingerprint density at radius 3 is 1.83 bits per heavy atom. The molecule has 1 amide bonds. The molecule has 0 aromatic carbocycles. The number of carbonyl (C=O) groups is 1. The maximum absolute atomic E-state index is 10.9. The van der Waals surface area contributed by atoms with Gasteiger partial charge in [0.15, 0.2) is 0 Å². The molecule has 0 aliphatic carbocycles. The van der Waals surface area contributed by atoms with Gasteiger partial charge in [-0.25, -0.2) is 0 Å². The monoisotopic (exact) mass is 173 g/mol. The minimum atomic E-state index is 0.178. The van der Waals surface area contributed by atoms with Crippen molar-refractivity contribution in [2.45, 2.75) is 54.0 Å². The number of hydrogen-bond donors (Lipinski definition) is 0. The number of nitrogens with zero attached hydrogens (tertiary/aromatic N) is 1. The summed E-state index contributed by atoms with van der Waals surface area (Å²) in [5.74, 6) is 0.178. The summed E-state index contributed by atoms with van der Waals surface area (Å²) in [5.41, 5.74) is 0. The van der Waals surface area contributed by atoms with Crippen molar-refractivity contribution in [1.82, 2.24) is 4.90 Å². The van der Waals surface area contributed by atoms with Gasteiger partial charge in [-0.15, -0.1) is 0 Å². The molecule has 0 aromatic rings. The molecule has 0 heterocycles. The largest absolute Gasteiger partial charge is 0.341 e. The Labute approximate surface area is 77.0 Å². The van der Waals surface area contributed by atoms with Crippen molar-refractivity contribution in [3.8, 4) is 0 Å². The minimum absolute atomic E-state index is 0.178. The van der Waals surface area contributed by atoms with Crippen LogP contribution in [0, 0.1) is 0 Å². The van der Waals surface area contributed by atoms with Crippen LogP contribution in [0.5, 0.6) is 0 Å². The predicted molar refractivity (Wildman–Crippen MR) is 54.2 cm³/mol. The third kappa shape index (κ3) is 5.16. The van der Waals surface area contributed by atoms with Crippen LogP contribution in [0.1, 0.15) is 48.0 Å². The number of carbonyl (C=O) groups excluding carboxylic acids is 1. The van der Waals surface area contributed by atoms with E-state index in [2.05, 4.69) is 13.8 Å². The molecule has 0 fully saturated rings. The van der Waals surface area contributed by atoms with Gasteiger partial charge in [0.05, 0.1) is 0 Å². The normalized spacial score (nSPS) is 11.2. The number of rotatable bonds is 3. The molecule has 0 aromatic heterocycles. The average molecular weight is 173 g/mol. The molecule has 0 spiro atoms. The van der Waals surface area contributed by atoms with Crippen LogP contribution >= 0.6 is 0 Å². The first-order chi connectivity index (χ1) is 5.63. The van der Waals surface area contributed by atoms with Crippen molar-refractivity contribution in [2.24, 2.45) is 0 Å². The second-order valence-electron chi connectivity index (χ2n) is 2.56. The summed E-state index contributed by atoms with van der Waals surface area (Å²) in [6, 6.07) is 0.391. The first-order valence-corrected chi connectivity index (χ1v) is 4.90. The van der Waals surface area contributed by atoms with Gasteiger partial charge in [-0.05, 0) is 20.3 Å². The maximum Gasteiger partial charge on any atom is 0.219 e. The molecule has 0 saturated carbocycles. The van der Waals surface area contributed by atoms with Gasteiger partial charge in [-0.3, -0.25) is 4.79 Å². The highest BCUT2D eigenvalue weighted by Crippen LogP contribution is 2.02. The highest BCUT2D eigenvalue weighted by Gasteiger charge is 2.11. The molecule has 0 saturated heterocycles. The fourth-order valence-corrected chi connectivity index (χ4v) is 1.07. The van der Waals surface area contributed by atoms with Crippen molar-refractivity contribution in [3.63, 3.8) is 0 Å². The molecule has 0 rings (SSSR count). The average Bonchev–Trinajstić information content (AvgIpc) is 2.08. The van der Waals surface area contributed by atoms with Crippen LogP contribution in [0.3, 0.4) is 0 Å². The third-order valence-corrected chi connectivity index (χ3v) is 1.87. The highest BCUT2D eigenvalue weighted by molar-refractivity contribution is 5.73. The minimum Gasteiger partial charge on any atom is -0.341 e.